The summed E-state index contributed by atoms with van der Waals surface area (Å²) in [7, 11) is 0. The van der Waals surface area contributed by atoms with Crippen molar-refractivity contribution >= 4 is 5.91 Å². The van der Waals surface area contributed by atoms with Gasteiger partial charge in [-0.15, -0.1) is 0 Å². The summed E-state index contributed by atoms with van der Waals surface area (Å²) < 4.78 is 5.89. The highest BCUT2D eigenvalue weighted by molar-refractivity contribution is 5.81. The molecule has 3 atom stereocenters. The number of nitriles is 1. The molecular formula is C20H21N3O2. The molecule has 25 heavy (non-hydrogen) atoms. The van der Waals surface area contributed by atoms with Gasteiger partial charge in [-0.3, -0.25) is 4.79 Å². The van der Waals surface area contributed by atoms with Gasteiger partial charge in [0.05, 0.1) is 17.7 Å². The number of nitrogens with zero attached hydrogens (tertiary/aromatic N) is 1. The number of nitrogens with two attached hydrogens (primary N) is 1. The third-order valence-electron chi connectivity index (χ3n) is 4.58. The van der Waals surface area contributed by atoms with Crippen LogP contribution in [0.4, 0.5) is 0 Å². The number of primary amides is 1. The monoisotopic (exact) mass is 335 g/mol. The van der Waals surface area contributed by atoms with Gasteiger partial charge in [-0.05, 0) is 29.7 Å². The Bertz CT molecular complexity index is 753. The van der Waals surface area contributed by atoms with Crippen LogP contribution in [0.25, 0.3) is 0 Å². The van der Waals surface area contributed by atoms with E-state index in [0.717, 1.165) is 17.5 Å². The summed E-state index contributed by atoms with van der Waals surface area (Å²) in [5.74, 6) is -0.150. The second-order valence-electron chi connectivity index (χ2n) is 6.23. The van der Waals surface area contributed by atoms with Gasteiger partial charge in [0, 0.05) is 19.1 Å². The second kappa shape index (κ2) is 7.93. The topological polar surface area (TPSA) is 88.1 Å². The summed E-state index contributed by atoms with van der Waals surface area (Å²) in [6.07, 6.45) is 0.967. The summed E-state index contributed by atoms with van der Waals surface area (Å²) >= 11 is 0. The molecule has 1 fully saturated rings. The first-order chi connectivity index (χ1) is 12.2. The lowest BCUT2D eigenvalue weighted by atomic mass is 9.94. The second-order valence-corrected chi connectivity index (χ2v) is 6.23. The van der Waals surface area contributed by atoms with Crippen molar-refractivity contribution in [2.45, 2.75) is 18.6 Å². The molecule has 3 rings (SSSR count). The van der Waals surface area contributed by atoms with Gasteiger partial charge in [0.15, 0.2) is 0 Å². The van der Waals surface area contributed by atoms with E-state index in [-0.39, 0.29) is 12.0 Å². The maximum atomic E-state index is 11.9. The predicted octanol–water partition coefficient (Wildman–Crippen LogP) is 2.45. The van der Waals surface area contributed by atoms with Crippen LogP contribution in [0.1, 0.15) is 35.3 Å². The number of nitrogens with one attached hydrogen (secondary N) is 1. The normalized spacial score (nSPS) is 20.8. The van der Waals surface area contributed by atoms with Crippen molar-refractivity contribution in [1.82, 2.24) is 5.32 Å². The van der Waals surface area contributed by atoms with Gasteiger partial charge >= 0.3 is 0 Å². The number of benzene rings is 2. The zero-order valence-electron chi connectivity index (χ0n) is 13.9. The zero-order chi connectivity index (χ0) is 17.6. The van der Waals surface area contributed by atoms with Crippen molar-refractivity contribution in [3.8, 4) is 6.07 Å². The molecule has 0 saturated carbocycles. The standard InChI is InChI=1S/C20H21N3O2/c21-12-14-6-8-15(9-7-14)18(20(22)24)23-13-17-10-11-25-19(17)16-4-2-1-3-5-16/h1-9,17-19,23H,10-11,13H2,(H2,22,24)/t17-,18-,19-/m1/s1. The molecule has 0 bridgehead atoms. The van der Waals surface area contributed by atoms with Gasteiger partial charge in [0.25, 0.3) is 0 Å². The number of carbonyl (C=O) groups excluding carboxylic acids is 1. The van der Waals surface area contributed by atoms with Gasteiger partial charge in [-0.2, -0.15) is 5.26 Å². The van der Waals surface area contributed by atoms with Crippen molar-refractivity contribution in [2.24, 2.45) is 11.7 Å². The van der Waals surface area contributed by atoms with Crippen molar-refractivity contribution in [3.63, 3.8) is 0 Å². The largest absolute Gasteiger partial charge is 0.373 e. The smallest absolute Gasteiger partial charge is 0.239 e. The minimum absolute atomic E-state index is 0.0307. The molecule has 5 nitrogen and oxygen atoms in total. The van der Waals surface area contributed by atoms with Crippen LogP contribution in [0.2, 0.25) is 0 Å². The van der Waals surface area contributed by atoms with Gasteiger partial charge in [0.2, 0.25) is 5.91 Å². The predicted molar refractivity (Wildman–Crippen MR) is 94.3 cm³/mol. The van der Waals surface area contributed by atoms with Crippen LogP contribution in [0, 0.1) is 17.2 Å². The summed E-state index contributed by atoms with van der Waals surface area (Å²) in [6.45, 7) is 1.34. The van der Waals surface area contributed by atoms with Crippen LogP contribution in [0.5, 0.6) is 0 Å². The lowest BCUT2D eigenvalue weighted by Gasteiger charge is -2.22. The lowest BCUT2D eigenvalue weighted by molar-refractivity contribution is -0.120. The van der Waals surface area contributed by atoms with E-state index in [2.05, 4.69) is 23.5 Å². The average molecular weight is 335 g/mol. The molecule has 5 heteroatoms. The Morgan fingerprint density at radius 2 is 1.96 bits per heavy atom. The third kappa shape index (κ3) is 4.05. The Balaban J connectivity index is 1.68. The fourth-order valence-corrected chi connectivity index (χ4v) is 3.26. The number of hydrogen-bond donors (Lipinski definition) is 2. The van der Waals surface area contributed by atoms with E-state index in [4.69, 9.17) is 15.7 Å². The minimum Gasteiger partial charge on any atom is -0.373 e. The maximum absolute atomic E-state index is 11.9. The quantitative estimate of drug-likeness (QED) is 0.849. The lowest BCUT2D eigenvalue weighted by Crippen LogP contribution is -2.37. The molecule has 0 aromatic heterocycles. The number of carbonyl (C=O) groups is 1. The van der Waals surface area contributed by atoms with Crippen molar-refractivity contribution < 1.29 is 9.53 Å². The molecule has 0 aliphatic carbocycles. The van der Waals surface area contributed by atoms with E-state index in [1.54, 1.807) is 24.3 Å². The van der Waals surface area contributed by atoms with Crippen LogP contribution in [-0.4, -0.2) is 19.1 Å². The first-order valence-electron chi connectivity index (χ1n) is 8.38. The molecule has 1 aliphatic heterocycles. The molecule has 1 heterocycles. The van der Waals surface area contributed by atoms with E-state index >= 15 is 0 Å². The van der Waals surface area contributed by atoms with E-state index < -0.39 is 11.9 Å². The molecule has 1 saturated heterocycles. The molecule has 2 aromatic rings. The van der Waals surface area contributed by atoms with Gasteiger partial charge in [-0.1, -0.05) is 42.5 Å². The first kappa shape index (κ1) is 17.2. The van der Waals surface area contributed by atoms with E-state index in [0.29, 0.717) is 18.7 Å². The summed E-state index contributed by atoms with van der Waals surface area (Å²) in [4.78, 5) is 11.9. The number of ether oxygens (including phenoxy) is 1. The van der Waals surface area contributed by atoms with Crippen molar-refractivity contribution in [3.05, 3.63) is 71.3 Å². The van der Waals surface area contributed by atoms with Crippen molar-refractivity contribution in [2.75, 3.05) is 13.2 Å². The third-order valence-corrected chi connectivity index (χ3v) is 4.58. The Hall–Kier alpha value is -2.68. The Labute approximate surface area is 147 Å². The maximum Gasteiger partial charge on any atom is 0.239 e. The molecule has 0 radical (unpaired) electrons. The molecule has 3 N–H and O–H groups in total. The van der Waals surface area contributed by atoms with E-state index in [1.807, 2.05) is 18.2 Å². The molecule has 1 aliphatic rings. The summed E-state index contributed by atoms with van der Waals surface area (Å²) in [6, 6.07) is 18.5. The van der Waals surface area contributed by atoms with E-state index in [1.165, 1.54) is 0 Å². The Kier molecular flexibility index (Phi) is 5.44. The average Bonchev–Trinajstić information content (AvgIpc) is 3.11. The van der Waals surface area contributed by atoms with Gasteiger partial charge < -0.3 is 15.8 Å². The van der Waals surface area contributed by atoms with Crippen LogP contribution >= 0.6 is 0 Å². The highest BCUT2D eigenvalue weighted by Gasteiger charge is 2.30. The van der Waals surface area contributed by atoms with E-state index in [9.17, 15) is 4.79 Å². The summed E-state index contributed by atoms with van der Waals surface area (Å²) in [5.41, 5.74) is 8.05. The number of rotatable bonds is 6. The van der Waals surface area contributed by atoms with Crippen LogP contribution < -0.4 is 11.1 Å². The molecule has 0 spiro atoms. The van der Waals surface area contributed by atoms with Crippen LogP contribution in [0.3, 0.4) is 0 Å². The molecule has 1 amide bonds. The number of hydrogen-bond acceptors (Lipinski definition) is 4. The fraction of sp³-hybridized carbons (Fsp3) is 0.300. The van der Waals surface area contributed by atoms with Crippen molar-refractivity contribution in [1.29, 1.82) is 5.26 Å². The SMILES string of the molecule is N#Cc1ccc([C@@H](NC[C@H]2CCO[C@@H]2c2ccccc2)C(N)=O)cc1. The summed E-state index contributed by atoms with van der Waals surface area (Å²) in [5, 5.41) is 12.2. The highest BCUT2D eigenvalue weighted by Crippen LogP contribution is 2.34. The number of amides is 1. The molecule has 2 aromatic carbocycles. The van der Waals surface area contributed by atoms with Crippen LogP contribution in [0.15, 0.2) is 54.6 Å². The molecule has 128 valence electrons. The highest BCUT2D eigenvalue weighted by atomic mass is 16.5. The minimum atomic E-state index is -0.579. The zero-order valence-corrected chi connectivity index (χ0v) is 13.9. The van der Waals surface area contributed by atoms with Crippen LogP contribution in [-0.2, 0) is 9.53 Å². The Morgan fingerprint density at radius 1 is 1.24 bits per heavy atom. The van der Waals surface area contributed by atoms with Gasteiger partial charge in [-0.25, -0.2) is 0 Å². The van der Waals surface area contributed by atoms with Gasteiger partial charge in [0.1, 0.15) is 6.04 Å². The first-order valence-corrected chi connectivity index (χ1v) is 8.38. The fourth-order valence-electron chi connectivity index (χ4n) is 3.26. The molecular weight excluding hydrogens is 314 g/mol. The Morgan fingerprint density at radius 3 is 2.60 bits per heavy atom. The molecule has 0 unspecified atom stereocenters.